The van der Waals surface area contributed by atoms with Crippen molar-refractivity contribution in [3.8, 4) is 0 Å². The molecule has 0 spiro atoms. The van der Waals surface area contributed by atoms with E-state index >= 15 is 0 Å². The Kier molecular flexibility index (Phi) is 8.85. The first kappa shape index (κ1) is 28.6. The van der Waals surface area contributed by atoms with E-state index in [9.17, 15) is 18.8 Å². The molecule has 2 atom stereocenters. The number of anilines is 2. The first-order chi connectivity index (χ1) is 19.8. The van der Waals surface area contributed by atoms with Crippen molar-refractivity contribution in [3.63, 3.8) is 0 Å². The lowest BCUT2D eigenvalue weighted by Crippen LogP contribution is -2.20. The maximum absolute atomic E-state index is 13.9. The molecular weight excluding hydrogens is 559 g/mol. The second kappa shape index (κ2) is 12.7. The van der Waals surface area contributed by atoms with Gasteiger partial charge < -0.3 is 15.4 Å². The van der Waals surface area contributed by atoms with Crippen LogP contribution in [0.4, 0.5) is 15.1 Å². The number of ether oxygens (including phenoxy) is 1. The molecule has 0 saturated carbocycles. The fourth-order valence-corrected chi connectivity index (χ4v) is 7.31. The van der Waals surface area contributed by atoms with Crippen LogP contribution in [0.1, 0.15) is 55.3 Å². The molecule has 41 heavy (non-hydrogen) atoms. The molecule has 2 N–H and O–H groups in total. The number of hydrogen-bond donors (Lipinski definition) is 2. The Bertz CT molecular complexity index is 1570. The van der Waals surface area contributed by atoms with Crippen LogP contribution in [-0.4, -0.2) is 24.9 Å². The van der Waals surface area contributed by atoms with Gasteiger partial charge in [-0.2, -0.15) is 0 Å². The SMILES string of the molecule is COC(=O)c1c(NC(=O)C(Sc2cccc(NC(=O)c3ccc(F)cc3)c2)c2ccccc2)sc2c1CCC(C)C2. The lowest BCUT2D eigenvalue weighted by molar-refractivity contribution is -0.115. The zero-order valence-electron chi connectivity index (χ0n) is 22.6. The summed E-state index contributed by atoms with van der Waals surface area (Å²) in [5.41, 5.74) is 3.11. The van der Waals surface area contributed by atoms with Crippen LogP contribution in [-0.2, 0) is 22.4 Å². The second-order valence-electron chi connectivity index (χ2n) is 9.93. The molecule has 4 aromatic rings. The highest BCUT2D eigenvalue weighted by molar-refractivity contribution is 8.00. The van der Waals surface area contributed by atoms with Gasteiger partial charge in [0, 0.05) is 21.0 Å². The molecule has 3 aromatic carbocycles. The van der Waals surface area contributed by atoms with Gasteiger partial charge in [0.1, 0.15) is 16.1 Å². The number of fused-ring (bicyclic) bond motifs is 1. The van der Waals surface area contributed by atoms with Gasteiger partial charge >= 0.3 is 5.97 Å². The van der Waals surface area contributed by atoms with Crippen molar-refractivity contribution in [1.82, 2.24) is 0 Å². The summed E-state index contributed by atoms with van der Waals surface area (Å²) in [5, 5.41) is 5.76. The van der Waals surface area contributed by atoms with E-state index < -0.39 is 17.0 Å². The maximum Gasteiger partial charge on any atom is 0.341 e. The zero-order valence-corrected chi connectivity index (χ0v) is 24.2. The Labute approximate surface area is 246 Å². The Morgan fingerprint density at radius 2 is 1.76 bits per heavy atom. The Hall–Kier alpha value is -3.95. The van der Waals surface area contributed by atoms with E-state index in [0.717, 1.165) is 40.2 Å². The van der Waals surface area contributed by atoms with Gasteiger partial charge in [-0.3, -0.25) is 9.59 Å². The molecule has 0 radical (unpaired) electrons. The van der Waals surface area contributed by atoms with Crippen molar-refractivity contribution in [3.05, 3.63) is 112 Å². The van der Waals surface area contributed by atoms with Gasteiger partial charge in [0.2, 0.25) is 5.91 Å². The minimum atomic E-state index is -0.636. The third-order valence-electron chi connectivity index (χ3n) is 6.93. The molecule has 1 aliphatic rings. The van der Waals surface area contributed by atoms with Crippen LogP contribution in [0, 0.1) is 11.7 Å². The smallest absolute Gasteiger partial charge is 0.341 e. The lowest BCUT2D eigenvalue weighted by Gasteiger charge is -2.18. The van der Waals surface area contributed by atoms with E-state index in [1.165, 1.54) is 54.5 Å². The summed E-state index contributed by atoms with van der Waals surface area (Å²) in [6.45, 7) is 2.19. The van der Waals surface area contributed by atoms with E-state index in [4.69, 9.17) is 4.74 Å². The van der Waals surface area contributed by atoms with Crippen LogP contribution >= 0.6 is 23.1 Å². The van der Waals surface area contributed by atoms with Crippen molar-refractivity contribution < 1.29 is 23.5 Å². The van der Waals surface area contributed by atoms with Gasteiger partial charge in [0.25, 0.3) is 5.91 Å². The minimum absolute atomic E-state index is 0.265. The number of nitrogens with one attached hydrogen (secondary N) is 2. The molecule has 1 aromatic heterocycles. The van der Waals surface area contributed by atoms with E-state index in [-0.39, 0.29) is 11.8 Å². The third-order valence-corrected chi connectivity index (χ3v) is 9.35. The number of thiophene rings is 1. The van der Waals surface area contributed by atoms with Crippen LogP contribution in [0.3, 0.4) is 0 Å². The van der Waals surface area contributed by atoms with Gasteiger partial charge in [0.15, 0.2) is 0 Å². The Morgan fingerprint density at radius 3 is 2.49 bits per heavy atom. The molecule has 1 aliphatic carbocycles. The second-order valence-corrected chi connectivity index (χ2v) is 12.2. The van der Waals surface area contributed by atoms with Crippen LogP contribution in [0.15, 0.2) is 83.8 Å². The highest BCUT2D eigenvalue weighted by atomic mass is 32.2. The zero-order chi connectivity index (χ0) is 28.9. The van der Waals surface area contributed by atoms with E-state index in [1.54, 1.807) is 18.2 Å². The minimum Gasteiger partial charge on any atom is -0.465 e. The fourth-order valence-electron chi connectivity index (χ4n) is 4.82. The molecule has 2 amide bonds. The predicted octanol–water partition coefficient (Wildman–Crippen LogP) is 7.52. The molecule has 210 valence electrons. The Balaban J connectivity index is 1.40. The molecular formula is C32H29FN2O4S2. The van der Waals surface area contributed by atoms with Crippen LogP contribution in [0.25, 0.3) is 0 Å². The number of thioether (sulfide) groups is 1. The molecule has 0 saturated heterocycles. The summed E-state index contributed by atoms with van der Waals surface area (Å²) in [4.78, 5) is 41.2. The molecule has 2 unspecified atom stereocenters. The number of esters is 1. The number of benzene rings is 3. The van der Waals surface area contributed by atoms with Crippen molar-refractivity contribution in [1.29, 1.82) is 0 Å². The summed E-state index contributed by atoms with van der Waals surface area (Å²) in [6.07, 6.45) is 2.63. The molecule has 6 nitrogen and oxygen atoms in total. The van der Waals surface area contributed by atoms with E-state index in [2.05, 4.69) is 17.6 Å². The van der Waals surface area contributed by atoms with Gasteiger partial charge in [-0.15, -0.1) is 23.1 Å². The fraction of sp³-hybridized carbons (Fsp3) is 0.219. The number of amides is 2. The molecule has 1 heterocycles. The van der Waals surface area contributed by atoms with Gasteiger partial charge in [-0.1, -0.05) is 43.3 Å². The van der Waals surface area contributed by atoms with Crippen molar-refractivity contribution in [2.75, 3.05) is 17.7 Å². The van der Waals surface area contributed by atoms with Gasteiger partial charge in [-0.05, 0) is 78.8 Å². The van der Waals surface area contributed by atoms with Crippen molar-refractivity contribution >= 4 is 51.6 Å². The molecule has 0 aliphatic heterocycles. The third kappa shape index (κ3) is 6.69. The van der Waals surface area contributed by atoms with Gasteiger partial charge in [0.05, 0.1) is 12.7 Å². The first-order valence-electron chi connectivity index (χ1n) is 13.2. The molecule has 0 fully saturated rings. The largest absolute Gasteiger partial charge is 0.465 e. The summed E-state index contributed by atoms with van der Waals surface area (Å²) in [6, 6.07) is 21.9. The summed E-state index contributed by atoms with van der Waals surface area (Å²) in [5.74, 6) is -0.977. The number of carbonyl (C=O) groups is 3. The average molecular weight is 589 g/mol. The highest BCUT2D eigenvalue weighted by Gasteiger charge is 2.31. The van der Waals surface area contributed by atoms with Crippen molar-refractivity contribution in [2.24, 2.45) is 5.92 Å². The molecule has 9 heteroatoms. The number of halogens is 1. The van der Waals surface area contributed by atoms with Crippen LogP contribution in [0.2, 0.25) is 0 Å². The molecule has 5 rings (SSSR count). The van der Waals surface area contributed by atoms with Crippen LogP contribution < -0.4 is 10.6 Å². The quantitative estimate of drug-likeness (QED) is 0.164. The number of carbonyl (C=O) groups excluding carboxylic acids is 3. The van der Waals surface area contributed by atoms with Crippen LogP contribution in [0.5, 0.6) is 0 Å². The normalized spacial score (nSPS) is 15.0. The average Bonchev–Trinajstić information content (AvgIpc) is 3.33. The lowest BCUT2D eigenvalue weighted by atomic mass is 9.88. The highest BCUT2D eigenvalue weighted by Crippen LogP contribution is 2.42. The van der Waals surface area contributed by atoms with Gasteiger partial charge in [-0.25, -0.2) is 9.18 Å². The maximum atomic E-state index is 13.9. The first-order valence-corrected chi connectivity index (χ1v) is 14.9. The molecule has 0 bridgehead atoms. The van der Waals surface area contributed by atoms with Crippen molar-refractivity contribution in [2.45, 2.75) is 36.3 Å². The van der Waals surface area contributed by atoms with E-state index in [0.29, 0.717) is 27.7 Å². The Morgan fingerprint density at radius 1 is 1.00 bits per heavy atom. The number of hydrogen-bond acceptors (Lipinski definition) is 6. The summed E-state index contributed by atoms with van der Waals surface area (Å²) >= 11 is 2.79. The van der Waals surface area contributed by atoms with E-state index in [1.807, 2.05) is 36.4 Å². The summed E-state index contributed by atoms with van der Waals surface area (Å²) < 4.78 is 18.4. The monoisotopic (exact) mass is 588 g/mol. The summed E-state index contributed by atoms with van der Waals surface area (Å²) in [7, 11) is 1.36. The predicted molar refractivity (Wildman–Crippen MR) is 161 cm³/mol. The standard InChI is InChI=1S/C32H29FN2O4S2/c1-19-11-16-25-26(17-19)41-31(27(25)32(38)39-2)35-30(37)28(20-7-4-3-5-8-20)40-24-10-6-9-23(18-24)34-29(36)21-12-14-22(33)15-13-21/h3-10,12-15,18-19,28H,11,16-17H2,1-2H3,(H,34,36)(H,35,37). The number of rotatable bonds is 8. The topological polar surface area (TPSA) is 84.5 Å². The number of methoxy groups -OCH3 is 1.